The number of nitrogens with zero attached hydrogens (tertiary/aromatic N) is 4. The molecule has 0 aliphatic heterocycles. The standard InChI is InChI=1S/C17H19N5S/c1-10-11(2)20-17(14-6-5-7-18-8-14)22-16(10)19-9-15-12(3)23-13(4)21-15/h5-8H,9H2,1-4H3,(H,19,20,22). The van der Waals surface area contributed by atoms with Gasteiger partial charge in [0.15, 0.2) is 5.82 Å². The van der Waals surface area contributed by atoms with Crippen LogP contribution in [0.4, 0.5) is 5.82 Å². The van der Waals surface area contributed by atoms with Crippen molar-refractivity contribution in [2.75, 3.05) is 5.32 Å². The van der Waals surface area contributed by atoms with E-state index in [0.29, 0.717) is 12.4 Å². The fourth-order valence-electron chi connectivity index (χ4n) is 2.33. The second kappa shape index (κ2) is 6.42. The molecule has 23 heavy (non-hydrogen) atoms. The maximum Gasteiger partial charge on any atom is 0.163 e. The van der Waals surface area contributed by atoms with Crippen molar-refractivity contribution in [2.45, 2.75) is 34.2 Å². The van der Waals surface area contributed by atoms with Gasteiger partial charge in [-0.2, -0.15) is 0 Å². The first kappa shape index (κ1) is 15.6. The highest BCUT2D eigenvalue weighted by Crippen LogP contribution is 2.22. The van der Waals surface area contributed by atoms with Crippen LogP contribution in [0, 0.1) is 27.7 Å². The fraction of sp³-hybridized carbons (Fsp3) is 0.294. The molecule has 0 fully saturated rings. The van der Waals surface area contributed by atoms with Crippen LogP contribution in [0.3, 0.4) is 0 Å². The number of hydrogen-bond acceptors (Lipinski definition) is 6. The molecule has 3 heterocycles. The SMILES string of the molecule is Cc1nc(CNc2nc(-c3cccnc3)nc(C)c2C)c(C)s1. The molecule has 1 N–H and O–H groups in total. The molecule has 0 aliphatic rings. The largest absolute Gasteiger partial charge is 0.364 e. The van der Waals surface area contributed by atoms with E-state index in [0.717, 1.165) is 33.3 Å². The summed E-state index contributed by atoms with van der Waals surface area (Å²) >= 11 is 1.72. The highest BCUT2D eigenvalue weighted by molar-refractivity contribution is 7.11. The second-order valence-corrected chi connectivity index (χ2v) is 6.84. The average molecular weight is 325 g/mol. The van der Waals surface area contributed by atoms with Crippen molar-refractivity contribution in [3.05, 3.63) is 51.4 Å². The first-order valence-electron chi connectivity index (χ1n) is 7.47. The Morgan fingerprint density at radius 2 is 1.91 bits per heavy atom. The van der Waals surface area contributed by atoms with Crippen molar-refractivity contribution in [1.82, 2.24) is 19.9 Å². The van der Waals surface area contributed by atoms with E-state index in [1.54, 1.807) is 23.7 Å². The molecule has 3 rings (SSSR count). The zero-order chi connectivity index (χ0) is 16.4. The number of hydrogen-bond donors (Lipinski definition) is 1. The van der Waals surface area contributed by atoms with Crippen LogP contribution in [-0.4, -0.2) is 19.9 Å². The predicted octanol–water partition coefficient (Wildman–Crippen LogP) is 3.84. The van der Waals surface area contributed by atoms with Crippen LogP contribution in [-0.2, 0) is 6.54 Å². The summed E-state index contributed by atoms with van der Waals surface area (Å²) in [5.41, 5.74) is 4.01. The maximum absolute atomic E-state index is 4.67. The number of anilines is 1. The van der Waals surface area contributed by atoms with E-state index >= 15 is 0 Å². The van der Waals surface area contributed by atoms with Crippen LogP contribution < -0.4 is 5.32 Å². The lowest BCUT2D eigenvalue weighted by Gasteiger charge is -2.12. The Bertz CT molecular complexity index is 827. The maximum atomic E-state index is 4.67. The van der Waals surface area contributed by atoms with Crippen LogP contribution >= 0.6 is 11.3 Å². The van der Waals surface area contributed by atoms with Crippen molar-refractivity contribution in [3.8, 4) is 11.4 Å². The normalized spacial score (nSPS) is 10.8. The van der Waals surface area contributed by atoms with Gasteiger partial charge in [0.25, 0.3) is 0 Å². The number of nitrogens with one attached hydrogen (secondary N) is 1. The van der Waals surface area contributed by atoms with E-state index in [2.05, 4.69) is 32.2 Å². The van der Waals surface area contributed by atoms with Gasteiger partial charge in [0.1, 0.15) is 5.82 Å². The van der Waals surface area contributed by atoms with Gasteiger partial charge in [-0.25, -0.2) is 15.0 Å². The summed E-state index contributed by atoms with van der Waals surface area (Å²) < 4.78 is 0. The van der Waals surface area contributed by atoms with E-state index in [4.69, 9.17) is 0 Å². The Balaban J connectivity index is 1.89. The number of rotatable bonds is 4. The van der Waals surface area contributed by atoms with Crippen LogP contribution in [0.25, 0.3) is 11.4 Å². The third-order valence-corrected chi connectivity index (χ3v) is 4.66. The molecule has 0 unspecified atom stereocenters. The van der Waals surface area contributed by atoms with Crippen molar-refractivity contribution in [2.24, 2.45) is 0 Å². The smallest absolute Gasteiger partial charge is 0.163 e. The minimum Gasteiger partial charge on any atom is -0.364 e. The third kappa shape index (κ3) is 3.37. The Kier molecular flexibility index (Phi) is 4.34. The molecule has 5 nitrogen and oxygen atoms in total. The summed E-state index contributed by atoms with van der Waals surface area (Å²) in [6.45, 7) is 8.83. The number of aromatic nitrogens is 4. The molecule has 0 amide bonds. The lowest BCUT2D eigenvalue weighted by Crippen LogP contribution is -2.08. The van der Waals surface area contributed by atoms with Gasteiger partial charge < -0.3 is 5.32 Å². The molecule has 0 spiro atoms. The molecule has 118 valence electrons. The van der Waals surface area contributed by atoms with E-state index in [1.807, 2.05) is 32.9 Å². The van der Waals surface area contributed by atoms with Gasteiger partial charge in [0, 0.05) is 34.1 Å². The molecule has 0 atom stereocenters. The average Bonchev–Trinajstić information content (AvgIpc) is 2.87. The van der Waals surface area contributed by atoms with Crippen LogP contribution in [0.1, 0.15) is 26.8 Å². The lowest BCUT2D eigenvalue weighted by molar-refractivity contribution is 0.994. The van der Waals surface area contributed by atoms with E-state index in [-0.39, 0.29) is 0 Å². The Morgan fingerprint density at radius 3 is 2.57 bits per heavy atom. The topological polar surface area (TPSA) is 63.6 Å². The first-order valence-corrected chi connectivity index (χ1v) is 8.28. The zero-order valence-electron chi connectivity index (χ0n) is 13.7. The van der Waals surface area contributed by atoms with Gasteiger partial charge in [0.2, 0.25) is 0 Å². The number of aryl methyl sites for hydroxylation is 3. The minimum absolute atomic E-state index is 0.667. The summed E-state index contributed by atoms with van der Waals surface area (Å²) in [6, 6.07) is 3.86. The molecule has 0 saturated carbocycles. The van der Waals surface area contributed by atoms with Gasteiger partial charge in [-0.05, 0) is 39.8 Å². The molecular weight excluding hydrogens is 306 g/mol. The fourth-order valence-corrected chi connectivity index (χ4v) is 3.16. The van der Waals surface area contributed by atoms with Crippen LogP contribution in [0.2, 0.25) is 0 Å². The predicted molar refractivity (Wildman–Crippen MR) is 93.7 cm³/mol. The summed E-state index contributed by atoms with van der Waals surface area (Å²) in [4.78, 5) is 19.2. The van der Waals surface area contributed by atoms with Crippen molar-refractivity contribution >= 4 is 17.2 Å². The molecule has 0 radical (unpaired) electrons. The first-order chi connectivity index (χ1) is 11.0. The molecule has 3 aromatic rings. The second-order valence-electron chi connectivity index (χ2n) is 5.44. The summed E-state index contributed by atoms with van der Waals surface area (Å²) in [5, 5.41) is 4.50. The Hall–Kier alpha value is -2.34. The highest BCUT2D eigenvalue weighted by atomic mass is 32.1. The van der Waals surface area contributed by atoms with Gasteiger partial charge in [-0.3, -0.25) is 4.98 Å². The van der Waals surface area contributed by atoms with Crippen molar-refractivity contribution in [3.63, 3.8) is 0 Å². The van der Waals surface area contributed by atoms with Gasteiger partial charge in [-0.15, -0.1) is 11.3 Å². The zero-order valence-corrected chi connectivity index (χ0v) is 14.5. The molecule has 6 heteroatoms. The highest BCUT2D eigenvalue weighted by Gasteiger charge is 2.11. The molecule has 0 aliphatic carbocycles. The van der Waals surface area contributed by atoms with Crippen molar-refractivity contribution in [1.29, 1.82) is 0 Å². The summed E-state index contributed by atoms with van der Waals surface area (Å²) in [5.74, 6) is 1.54. The third-order valence-electron chi connectivity index (χ3n) is 3.73. The van der Waals surface area contributed by atoms with Gasteiger partial charge in [-0.1, -0.05) is 0 Å². The summed E-state index contributed by atoms with van der Waals surface area (Å²) in [6.07, 6.45) is 3.53. The number of pyridine rings is 1. The summed E-state index contributed by atoms with van der Waals surface area (Å²) in [7, 11) is 0. The van der Waals surface area contributed by atoms with Gasteiger partial charge >= 0.3 is 0 Å². The Labute approximate surface area is 139 Å². The van der Waals surface area contributed by atoms with E-state index < -0.39 is 0 Å². The molecule has 0 saturated heterocycles. The molecular formula is C17H19N5S. The van der Waals surface area contributed by atoms with Gasteiger partial charge in [0.05, 0.1) is 17.2 Å². The Morgan fingerprint density at radius 1 is 1.09 bits per heavy atom. The molecule has 0 bridgehead atoms. The van der Waals surface area contributed by atoms with Crippen LogP contribution in [0.15, 0.2) is 24.5 Å². The van der Waals surface area contributed by atoms with Crippen molar-refractivity contribution < 1.29 is 0 Å². The van der Waals surface area contributed by atoms with E-state index in [9.17, 15) is 0 Å². The minimum atomic E-state index is 0.667. The molecule has 3 aromatic heterocycles. The lowest BCUT2D eigenvalue weighted by atomic mass is 10.2. The molecule has 0 aromatic carbocycles. The van der Waals surface area contributed by atoms with Crippen LogP contribution in [0.5, 0.6) is 0 Å². The quantitative estimate of drug-likeness (QED) is 0.789. The number of thiazole rings is 1. The monoisotopic (exact) mass is 325 g/mol. The van der Waals surface area contributed by atoms with E-state index in [1.165, 1.54) is 4.88 Å².